The van der Waals surface area contributed by atoms with Crippen molar-refractivity contribution in [1.29, 1.82) is 0 Å². The maximum Gasteiger partial charge on any atom is 0.136 e. The average Bonchev–Trinajstić information content (AvgIpc) is 2.53. The molecule has 1 aliphatic carbocycles. The average molecular weight is 227 g/mol. The minimum Gasteiger partial charge on any atom is -0.302 e. The van der Waals surface area contributed by atoms with E-state index in [-0.39, 0.29) is 0 Å². The fourth-order valence-corrected chi connectivity index (χ4v) is 3.48. The van der Waals surface area contributed by atoms with Gasteiger partial charge in [0.15, 0.2) is 0 Å². The molecule has 15 heavy (non-hydrogen) atoms. The van der Waals surface area contributed by atoms with Crippen LogP contribution in [0.3, 0.4) is 0 Å². The first-order chi connectivity index (χ1) is 7.36. The molecule has 1 atom stereocenters. The maximum atomic E-state index is 11.5. The summed E-state index contributed by atoms with van der Waals surface area (Å²) in [7, 11) is 0. The first kappa shape index (κ1) is 11.5. The summed E-state index contributed by atoms with van der Waals surface area (Å²) in [6.45, 7) is 3.62. The van der Waals surface area contributed by atoms with Crippen LogP contribution in [0.4, 0.5) is 0 Å². The van der Waals surface area contributed by atoms with E-state index in [2.05, 4.69) is 16.7 Å². The van der Waals surface area contributed by atoms with Gasteiger partial charge in [0.1, 0.15) is 5.78 Å². The summed E-state index contributed by atoms with van der Waals surface area (Å²) >= 11 is 2.07. The van der Waals surface area contributed by atoms with E-state index < -0.39 is 0 Å². The van der Waals surface area contributed by atoms with E-state index in [0.717, 1.165) is 32.2 Å². The fourth-order valence-electron chi connectivity index (χ4n) is 2.55. The van der Waals surface area contributed by atoms with Crippen LogP contribution in [0.5, 0.6) is 0 Å². The van der Waals surface area contributed by atoms with E-state index in [1.165, 1.54) is 31.0 Å². The van der Waals surface area contributed by atoms with Crippen LogP contribution in [-0.4, -0.2) is 41.8 Å². The number of carbonyl (C=O) groups excluding carboxylic acids is 1. The van der Waals surface area contributed by atoms with Gasteiger partial charge in [-0.2, -0.15) is 11.8 Å². The number of ketones is 1. The van der Waals surface area contributed by atoms with E-state index in [4.69, 9.17) is 0 Å². The summed E-state index contributed by atoms with van der Waals surface area (Å²) in [6, 6.07) is 0. The highest BCUT2D eigenvalue weighted by molar-refractivity contribution is 7.99. The van der Waals surface area contributed by atoms with Gasteiger partial charge in [0.25, 0.3) is 0 Å². The van der Waals surface area contributed by atoms with Crippen molar-refractivity contribution in [3.05, 3.63) is 0 Å². The van der Waals surface area contributed by atoms with Crippen LogP contribution < -0.4 is 0 Å². The summed E-state index contributed by atoms with van der Waals surface area (Å²) in [5.74, 6) is 3.53. The lowest BCUT2D eigenvalue weighted by atomic mass is 10.0. The summed E-state index contributed by atoms with van der Waals surface area (Å²) in [5, 5.41) is 0. The Morgan fingerprint density at radius 3 is 3.00 bits per heavy atom. The number of rotatable bonds is 3. The molecule has 2 aliphatic rings. The predicted octanol–water partition coefficient (Wildman–Crippen LogP) is 2.18. The van der Waals surface area contributed by atoms with Crippen LogP contribution in [0.1, 0.15) is 32.1 Å². The summed E-state index contributed by atoms with van der Waals surface area (Å²) in [6.07, 6.45) is 5.58. The quantitative estimate of drug-likeness (QED) is 0.737. The minimum absolute atomic E-state index is 0.404. The molecule has 1 saturated heterocycles. The van der Waals surface area contributed by atoms with Crippen molar-refractivity contribution in [2.75, 3.05) is 31.1 Å². The Labute approximate surface area is 96.8 Å². The third kappa shape index (κ3) is 3.49. The van der Waals surface area contributed by atoms with Crippen LogP contribution in [0.25, 0.3) is 0 Å². The molecular weight excluding hydrogens is 206 g/mol. The molecule has 0 aromatic carbocycles. The number of Topliss-reactive ketones (excluding diaryl/α,β-unsaturated/α-hetero) is 1. The summed E-state index contributed by atoms with van der Waals surface area (Å²) in [4.78, 5) is 14.0. The molecule has 0 bridgehead atoms. The van der Waals surface area contributed by atoms with Crippen LogP contribution in [-0.2, 0) is 4.79 Å². The summed E-state index contributed by atoms with van der Waals surface area (Å²) in [5.41, 5.74) is 0. The zero-order chi connectivity index (χ0) is 10.5. The lowest BCUT2D eigenvalue weighted by molar-refractivity contribution is -0.120. The number of carbonyl (C=O) groups is 1. The molecule has 0 amide bonds. The first-order valence-corrected chi connectivity index (χ1v) is 7.34. The smallest absolute Gasteiger partial charge is 0.136 e. The minimum atomic E-state index is 0.404. The largest absolute Gasteiger partial charge is 0.302 e. The Morgan fingerprint density at radius 2 is 2.20 bits per heavy atom. The molecule has 1 unspecified atom stereocenters. The standard InChI is InChI=1S/C12H21NOS/c14-12-4-1-3-11(12)5-7-13-6-2-9-15-10-8-13/h11H,1-10H2. The lowest BCUT2D eigenvalue weighted by Gasteiger charge is -2.20. The third-order valence-electron chi connectivity index (χ3n) is 3.54. The van der Waals surface area contributed by atoms with Gasteiger partial charge in [-0.25, -0.2) is 0 Å². The molecule has 1 aliphatic heterocycles. The van der Waals surface area contributed by atoms with Crippen LogP contribution in [0, 0.1) is 5.92 Å². The Morgan fingerprint density at radius 1 is 1.27 bits per heavy atom. The van der Waals surface area contributed by atoms with E-state index in [1.54, 1.807) is 0 Å². The normalized spacial score (nSPS) is 29.3. The maximum absolute atomic E-state index is 11.5. The molecule has 3 heteroatoms. The van der Waals surface area contributed by atoms with Gasteiger partial charge in [0.05, 0.1) is 0 Å². The molecule has 1 heterocycles. The number of nitrogens with zero attached hydrogens (tertiary/aromatic N) is 1. The summed E-state index contributed by atoms with van der Waals surface area (Å²) < 4.78 is 0. The van der Waals surface area contributed by atoms with E-state index in [1.807, 2.05) is 0 Å². The van der Waals surface area contributed by atoms with E-state index >= 15 is 0 Å². The van der Waals surface area contributed by atoms with Crippen LogP contribution >= 0.6 is 11.8 Å². The van der Waals surface area contributed by atoms with Crippen molar-refractivity contribution in [2.45, 2.75) is 32.1 Å². The molecule has 2 nitrogen and oxygen atoms in total. The molecule has 0 N–H and O–H groups in total. The molecular formula is C12H21NOS. The van der Waals surface area contributed by atoms with Gasteiger partial charge in [-0.05, 0) is 44.5 Å². The van der Waals surface area contributed by atoms with E-state index in [0.29, 0.717) is 11.7 Å². The van der Waals surface area contributed by atoms with Gasteiger partial charge in [-0.3, -0.25) is 4.79 Å². The van der Waals surface area contributed by atoms with Gasteiger partial charge < -0.3 is 4.90 Å². The van der Waals surface area contributed by atoms with Gasteiger partial charge in [0, 0.05) is 24.6 Å². The Balaban J connectivity index is 1.69. The highest BCUT2D eigenvalue weighted by Gasteiger charge is 2.24. The molecule has 0 radical (unpaired) electrons. The highest BCUT2D eigenvalue weighted by Crippen LogP contribution is 2.24. The predicted molar refractivity (Wildman–Crippen MR) is 65.3 cm³/mol. The fraction of sp³-hybridized carbons (Fsp3) is 0.917. The molecule has 2 fully saturated rings. The van der Waals surface area contributed by atoms with Crippen molar-refractivity contribution in [1.82, 2.24) is 4.90 Å². The van der Waals surface area contributed by atoms with Gasteiger partial charge in [-0.15, -0.1) is 0 Å². The third-order valence-corrected chi connectivity index (χ3v) is 4.59. The Bertz CT molecular complexity index is 212. The molecule has 2 rings (SSSR count). The van der Waals surface area contributed by atoms with Crippen molar-refractivity contribution in [2.24, 2.45) is 5.92 Å². The molecule has 1 saturated carbocycles. The second-order valence-corrected chi connectivity index (χ2v) is 5.88. The molecule has 0 aromatic rings. The second-order valence-electron chi connectivity index (χ2n) is 4.65. The number of hydrogen-bond donors (Lipinski definition) is 0. The SMILES string of the molecule is O=C1CCCC1CCN1CCCSCC1. The first-order valence-electron chi connectivity index (χ1n) is 6.19. The van der Waals surface area contributed by atoms with Gasteiger partial charge in [-0.1, -0.05) is 0 Å². The van der Waals surface area contributed by atoms with Gasteiger partial charge in [0.2, 0.25) is 0 Å². The highest BCUT2D eigenvalue weighted by atomic mass is 32.2. The monoisotopic (exact) mass is 227 g/mol. The number of hydrogen-bond acceptors (Lipinski definition) is 3. The van der Waals surface area contributed by atoms with Crippen molar-refractivity contribution < 1.29 is 4.79 Å². The molecule has 86 valence electrons. The zero-order valence-corrected chi connectivity index (χ0v) is 10.2. The Hall–Kier alpha value is -0.0200. The van der Waals surface area contributed by atoms with Crippen molar-refractivity contribution in [3.63, 3.8) is 0 Å². The van der Waals surface area contributed by atoms with Gasteiger partial charge >= 0.3 is 0 Å². The van der Waals surface area contributed by atoms with E-state index in [9.17, 15) is 4.79 Å². The van der Waals surface area contributed by atoms with Crippen LogP contribution in [0.15, 0.2) is 0 Å². The van der Waals surface area contributed by atoms with Crippen molar-refractivity contribution >= 4 is 17.5 Å². The topological polar surface area (TPSA) is 20.3 Å². The van der Waals surface area contributed by atoms with Crippen molar-refractivity contribution in [3.8, 4) is 0 Å². The zero-order valence-electron chi connectivity index (χ0n) is 9.41. The Kier molecular flexibility index (Phi) is 4.51. The lowest BCUT2D eigenvalue weighted by Crippen LogP contribution is -2.29. The number of thioether (sulfide) groups is 1. The second kappa shape index (κ2) is 5.90. The van der Waals surface area contributed by atoms with Crippen LogP contribution in [0.2, 0.25) is 0 Å². The molecule has 0 aromatic heterocycles. The molecule has 0 spiro atoms.